The lowest BCUT2D eigenvalue weighted by Gasteiger charge is -2.13. The van der Waals surface area contributed by atoms with Gasteiger partial charge >= 0.3 is 0 Å². The normalized spacial score (nSPS) is 11.8. The molecular formula is C12H15N3O2. The molecule has 0 saturated carbocycles. The van der Waals surface area contributed by atoms with E-state index in [1.54, 1.807) is 12.1 Å². The highest BCUT2D eigenvalue weighted by Crippen LogP contribution is 2.20. The molecule has 1 aromatic carbocycles. The molecule has 0 amide bonds. The van der Waals surface area contributed by atoms with Crippen LogP contribution in [0.25, 0.3) is 0 Å². The van der Waals surface area contributed by atoms with Gasteiger partial charge in [0.05, 0.1) is 4.92 Å². The maximum absolute atomic E-state index is 10.7. The molecule has 17 heavy (non-hydrogen) atoms. The Morgan fingerprint density at radius 3 is 2.76 bits per heavy atom. The number of nitrogens with one attached hydrogen (secondary N) is 1. The summed E-state index contributed by atoms with van der Waals surface area (Å²) in [4.78, 5) is 10.1. The predicted octanol–water partition coefficient (Wildman–Crippen LogP) is 2.01. The van der Waals surface area contributed by atoms with Crippen LogP contribution in [0.1, 0.15) is 24.5 Å². The van der Waals surface area contributed by atoms with Gasteiger partial charge in [0.15, 0.2) is 0 Å². The number of benzene rings is 1. The van der Waals surface area contributed by atoms with Gasteiger partial charge in [0.1, 0.15) is 11.6 Å². The summed E-state index contributed by atoms with van der Waals surface area (Å²) in [5, 5.41) is 22.7. The molecule has 0 bridgehead atoms. The van der Waals surface area contributed by atoms with Gasteiger partial charge in [-0.05, 0) is 31.5 Å². The van der Waals surface area contributed by atoms with Crippen LogP contribution in [-0.4, -0.2) is 18.0 Å². The third-order valence-corrected chi connectivity index (χ3v) is 2.76. The number of nitro benzene ring substituents is 1. The highest BCUT2D eigenvalue weighted by Gasteiger charge is 2.14. The maximum Gasteiger partial charge on any atom is 0.287 e. The van der Waals surface area contributed by atoms with Gasteiger partial charge in [-0.1, -0.05) is 13.0 Å². The van der Waals surface area contributed by atoms with E-state index in [0.29, 0.717) is 6.04 Å². The summed E-state index contributed by atoms with van der Waals surface area (Å²) in [6, 6.07) is 6.89. The minimum absolute atomic E-state index is 0.124. The third kappa shape index (κ3) is 3.26. The number of likely N-dealkylation sites (N-methyl/N-ethyl adjacent to an activating group) is 1. The summed E-state index contributed by atoms with van der Waals surface area (Å²) in [5.41, 5.74) is 0.931. The van der Waals surface area contributed by atoms with Crippen LogP contribution in [0.3, 0.4) is 0 Å². The largest absolute Gasteiger partial charge is 0.317 e. The summed E-state index contributed by atoms with van der Waals surface area (Å²) in [5.74, 6) is 0. The van der Waals surface area contributed by atoms with Crippen LogP contribution in [0, 0.1) is 21.4 Å². The molecule has 0 fully saturated rings. The van der Waals surface area contributed by atoms with Crippen molar-refractivity contribution in [1.82, 2.24) is 5.32 Å². The first-order valence-electron chi connectivity index (χ1n) is 5.47. The summed E-state index contributed by atoms with van der Waals surface area (Å²) >= 11 is 0. The molecule has 0 aromatic heterocycles. The molecule has 1 aromatic rings. The van der Waals surface area contributed by atoms with Crippen LogP contribution in [0.15, 0.2) is 18.2 Å². The van der Waals surface area contributed by atoms with Crippen molar-refractivity contribution in [2.45, 2.75) is 25.8 Å². The lowest BCUT2D eigenvalue weighted by Crippen LogP contribution is -2.26. The van der Waals surface area contributed by atoms with E-state index in [1.165, 1.54) is 6.07 Å². The Balaban J connectivity index is 2.98. The minimum Gasteiger partial charge on any atom is -0.317 e. The highest BCUT2D eigenvalue weighted by atomic mass is 16.6. The second-order valence-electron chi connectivity index (χ2n) is 3.82. The highest BCUT2D eigenvalue weighted by molar-refractivity contribution is 5.50. The van der Waals surface area contributed by atoms with Crippen LogP contribution in [0.2, 0.25) is 0 Å². The fraction of sp³-hybridized carbons (Fsp3) is 0.417. The molecule has 0 heterocycles. The van der Waals surface area contributed by atoms with Crippen molar-refractivity contribution in [2.75, 3.05) is 7.05 Å². The summed E-state index contributed by atoms with van der Waals surface area (Å²) in [6.45, 7) is 2.07. The number of nitriles is 1. The van der Waals surface area contributed by atoms with E-state index < -0.39 is 4.92 Å². The molecule has 0 aliphatic carbocycles. The second kappa shape index (κ2) is 5.97. The van der Waals surface area contributed by atoms with Gasteiger partial charge in [-0.3, -0.25) is 10.1 Å². The smallest absolute Gasteiger partial charge is 0.287 e. The average Bonchev–Trinajstić information content (AvgIpc) is 2.35. The SMILES string of the molecule is CCC(Cc1ccc([N+](=O)[O-])c(C#N)c1)NC. The van der Waals surface area contributed by atoms with Crippen molar-refractivity contribution in [1.29, 1.82) is 5.26 Å². The molecule has 0 radical (unpaired) electrons. The maximum atomic E-state index is 10.7. The van der Waals surface area contributed by atoms with E-state index in [-0.39, 0.29) is 11.3 Å². The van der Waals surface area contributed by atoms with Crippen molar-refractivity contribution >= 4 is 5.69 Å². The zero-order chi connectivity index (χ0) is 12.8. The topological polar surface area (TPSA) is 79.0 Å². The van der Waals surface area contributed by atoms with Gasteiger partial charge in [-0.15, -0.1) is 0 Å². The Kier molecular flexibility index (Phi) is 4.61. The Bertz CT molecular complexity index is 448. The van der Waals surface area contributed by atoms with Gasteiger partial charge in [0.25, 0.3) is 5.69 Å². The fourth-order valence-electron chi connectivity index (χ4n) is 1.69. The molecule has 1 rings (SSSR count). The molecule has 0 aliphatic heterocycles. The Morgan fingerprint density at radius 2 is 2.29 bits per heavy atom. The molecule has 1 atom stereocenters. The molecular weight excluding hydrogens is 218 g/mol. The first-order chi connectivity index (χ1) is 8.12. The molecule has 0 saturated heterocycles. The summed E-state index contributed by atoms with van der Waals surface area (Å²) in [6.07, 6.45) is 1.73. The zero-order valence-electron chi connectivity index (χ0n) is 9.93. The van der Waals surface area contributed by atoms with Gasteiger partial charge < -0.3 is 5.32 Å². The molecule has 5 heteroatoms. The quantitative estimate of drug-likeness (QED) is 0.623. The van der Waals surface area contributed by atoms with Gasteiger partial charge in [-0.2, -0.15) is 5.26 Å². The standard InChI is InChI=1S/C12H15N3O2/c1-3-11(14-2)7-9-4-5-12(15(16)17)10(6-9)8-13/h4-6,11,14H,3,7H2,1-2H3. The van der Waals surface area contributed by atoms with E-state index in [2.05, 4.69) is 12.2 Å². The van der Waals surface area contributed by atoms with Crippen molar-refractivity contribution in [3.63, 3.8) is 0 Å². The zero-order valence-corrected chi connectivity index (χ0v) is 9.93. The molecule has 1 N–H and O–H groups in total. The Morgan fingerprint density at radius 1 is 1.59 bits per heavy atom. The number of hydrogen-bond acceptors (Lipinski definition) is 4. The van der Waals surface area contributed by atoms with Crippen LogP contribution in [0.4, 0.5) is 5.69 Å². The van der Waals surface area contributed by atoms with E-state index in [9.17, 15) is 10.1 Å². The Labute approximate surface area is 100 Å². The second-order valence-corrected chi connectivity index (χ2v) is 3.82. The lowest BCUT2D eigenvalue weighted by molar-refractivity contribution is -0.385. The van der Waals surface area contributed by atoms with E-state index in [1.807, 2.05) is 13.1 Å². The van der Waals surface area contributed by atoms with E-state index in [0.717, 1.165) is 18.4 Å². The average molecular weight is 233 g/mol. The molecule has 0 spiro atoms. The Hall–Kier alpha value is -1.93. The van der Waals surface area contributed by atoms with E-state index in [4.69, 9.17) is 5.26 Å². The summed E-state index contributed by atoms with van der Waals surface area (Å²) < 4.78 is 0. The van der Waals surface area contributed by atoms with Crippen molar-refractivity contribution in [3.05, 3.63) is 39.4 Å². The van der Waals surface area contributed by atoms with Crippen LogP contribution >= 0.6 is 0 Å². The number of hydrogen-bond donors (Lipinski definition) is 1. The molecule has 0 aliphatic rings. The molecule has 1 unspecified atom stereocenters. The minimum atomic E-state index is -0.530. The molecule has 5 nitrogen and oxygen atoms in total. The van der Waals surface area contributed by atoms with Crippen LogP contribution in [0.5, 0.6) is 0 Å². The van der Waals surface area contributed by atoms with Crippen LogP contribution in [-0.2, 0) is 6.42 Å². The first kappa shape index (κ1) is 13.1. The lowest BCUT2D eigenvalue weighted by atomic mass is 10.0. The monoisotopic (exact) mass is 233 g/mol. The number of rotatable bonds is 5. The number of nitrogens with zero attached hydrogens (tertiary/aromatic N) is 2. The van der Waals surface area contributed by atoms with Crippen molar-refractivity contribution < 1.29 is 4.92 Å². The van der Waals surface area contributed by atoms with Crippen LogP contribution < -0.4 is 5.32 Å². The van der Waals surface area contributed by atoms with Crippen molar-refractivity contribution in [3.8, 4) is 6.07 Å². The number of nitro groups is 1. The van der Waals surface area contributed by atoms with E-state index >= 15 is 0 Å². The fourth-order valence-corrected chi connectivity index (χ4v) is 1.69. The predicted molar refractivity (Wildman–Crippen MR) is 64.7 cm³/mol. The molecule has 90 valence electrons. The van der Waals surface area contributed by atoms with Gasteiger partial charge in [-0.25, -0.2) is 0 Å². The summed E-state index contributed by atoms with van der Waals surface area (Å²) in [7, 11) is 1.88. The van der Waals surface area contributed by atoms with Gasteiger partial charge in [0.2, 0.25) is 0 Å². The first-order valence-corrected chi connectivity index (χ1v) is 5.47. The van der Waals surface area contributed by atoms with Gasteiger partial charge in [0, 0.05) is 12.1 Å². The van der Waals surface area contributed by atoms with Crippen molar-refractivity contribution in [2.24, 2.45) is 0 Å². The third-order valence-electron chi connectivity index (χ3n) is 2.76.